The summed E-state index contributed by atoms with van der Waals surface area (Å²) in [6.07, 6.45) is 57.0. The fourth-order valence-corrected chi connectivity index (χ4v) is 12.5. The smallest absolute Gasteiger partial charge is 0.220 e. The summed E-state index contributed by atoms with van der Waals surface area (Å²) in [5.41, 5.74) is 0. The molecule has 1 amide bonds. The fraction of sp³-hybridized carbons (Fsp3) is 0.932. The van der Waals surface area contributed by atoms with Gasteiger partial charge in [0.1, 0.15) is 48.8 Å². The summed E-state index contributed by atoms with van der Waals surface area (Å²) in [7, 11) is 0. The lowest BCUT2D eigenvalue weighted by molar-refractivity contribution is -0.359. The molecule has 0 aromatic rings. The highest BCUT2D eigenvalue weighted by Crippen LogP contribution is 2.30. The minimum atomic E-state index is -1.79. The highest BCUT2D eigenvalue weighted by Gasteiger charge is 2.51. The fourth-order valence-electron chi connectivity index (χ4n) is 12.5. The van der Waals surface area contributed by atoms with Crippen LogP contribution < -0.4 is 5.32 Å². The van der Waals surface area contributed by atoms with Crippen LogP contribution in [0.3, 0.4) is 0 Å². The molecule has 2 aliphatic heterocycles. The summed E-state index contributed by atoms with van der Waals surface area (Å²) in [5.74, 6) is -0.242. The Hall–Kier alpha value is -1.53. The average Bonchev–Trinajstić information content (AvgIpc) is 2.34. The molecular formula is C73H139NO13. The maximum atomic E-state index is 13.3. The second kappa shape index (κ2) is 58.3. The molecule has 12 atom stereocenters. The first-order chi connectivity index (χ1) is 42.6. The number of rotatable bonds is 62. The van der Waals surface area contributed by atoms with Gasteiger partial charge in [0, 0.05) is 6.42 Å². The highest BCUT2D eigenvalue weighted by molar-refractivity contribution is 5.76. The van der Waals surface area contributed by atoms with E-state index >= 15 is 0 Å². The Morgan fingerprint density at radius 3 is 1.13 bits per heavy atom. The highest BCUT2D eigenvalue weighted by atomic mass is 16.7. The van der Waals surface area contributed by atoms with Gasteiger partial charge in [-0.2, -0.15) is 0 Å². The molecule has 0 spiro atoms. The summed E-state index contributed by atoms with van der Waals surface area (Å²) in [5, 5.41) is 87.4. The van der Waals surface area contributed by atoms with E-state index in [2.05, 4.69) is 31.3 Å². The van der Waals surface area contributed by atoms with Crippen LogP contribution >= 0.6 is 0 Å². The molecule has 2 fully saturated rings. The molecule has 0 aromatic carbocycles. The van der Waals surface area contributed by atoms with E-state index in [1.165, 1.54) is 276 Å². The topological polar surface area (TPSA) is 228 Å². The van der Waals surface area contributed by atoms with Crippen molar-refractivity contribution in [2.75, 3.05) is 19.8 Å². The third kappa shape index (κ3) is 42.4. The van der Waals surface area contributed by atoms with Gasteiger partial charge < -0.3 is 65.1 Å². The van der Waals surface area contributed by atoms with Gasteiger partial charge in [0.15, 0.2) is 12.6 Å². The molecule has 2 heterocycles. The van der Waals surface area contributed by atoms with E-state index in [4.69, 9.17) is 18.9 Å². The monoisotopic (exact) mass is 1240 g/mol. The number of allylic oxidation sites excluding steroid dienone is 3. The molecule has 0 saturated carbocycles. The SMILES string of the molecule is CCCCCCCCCCCCC/C=C/CC/C=C/C(O)C(COC1OC(CO)C(OC2OC(CO)C(O)C(O)C2O)C(O)C1O)NC(=O)CCCCCCCCCCCCCCCCCCCCCCCCCCCCCCCCCCCCCC. The number of nitrogens with one attached hydrogen (secondary N) is 1. The van der Waals surface area contributed by atoms with Crippen LogP contribution in [0.1, 0.15) is 341 Å². The molecule has 2 saturated heterocycles. The van der Waals surface area contributed by atoms with Crippen LogP contribution in [0.2, 0.25) is 0 Å². The van der Waals surface area contributed by atoms with E-state index in [0.717, 1.165) is 32.1 Å². The summed E-state index contributed by atoms with van der Waals surface area (Å²) in [4.78, 5) is 13.3. The Morgan fingerprint density at radius 1 is 0.402 bits per heavy atom. The van der Waals surface area contributed by atoms with E-state index < -0.39 is 86.8 Å². The van der Waals surface area contributed by atoms with E-state index in [0.29, 0.717) is 12.8 Å². The van der Waals surface area contributed by atoms with Crippen molar-refractivity contribution in [3.05, 3.63) is 24.3 Å². The molecule has 0 radical (unpaired) electrons. The van der Waals surface area contributed by atoms with Crippen molar-refractivity contribution in [2.45, 2.75) is 415 Å². The van der Waals surface area contributed by atoms with Crippen LogP contribution in [-0.2, 0) is 23.7 Å². The molecule has 9 N–H and O–H groups in total. The average molecular weight is 1240 g/mol. The first-order valence-corrected chi connectivity index (χ1v) is 37.1. The van der Waals surface area contributed by atoms with Crippen molar-refractivity contribution in [3.8, 4) is 0 Å². The van der Waals surface area contributed by atoms with Gasteiger partial charge >= 0.3 is 0 Å². The molecule has 0 aliphatic carbocycles. The van der Waals surface area contributed by atoms with Crippen LogP contribution in [0.5, 0.6) is 0 Å². The first-order valence-electron chi connectivity index (χ1n) is 37.1. The Morgan fingerprint density at radius 2 is 0.736 bits per heavy atom. The van der Waals surface area contributed by atoms with Crippen molar-refractivity contribution < 1.29 is 64.6 Å². The standard InChI is InChI=1S/C73H139NO13/c1-3-5-7-9-11-13-15-17-19-21-22-23-24-25-26-27-28-29-30-31-32-33-34-35-36-37-38-39-41-43-45-47-49-51-53-55-57-65(78)74-61(62(77)56-54-52-50-48-46-44-42-40-20-18-16-14-12-10-8-6-4-2)60-84-72-70(83)68(81)71(64(59-76)86-72)87-73-69(82)67(80)66(79)63(58-75)85-73/h46,48,54,56,61-64,66-73,75-77,79-83H,3-45,47,49-53,55,57-60H2,1-2H3,(H,74,78)/b48-46+,56-54+. The lowest BCUT2D eigenvalue weighted by atomic mass is 9.97. The summed E-state index contributed by atoms with van der Waals surface area (Å²) < 4.78 is 22.8. The predicted molar refractivity (Wildman–Crippen MR) is 355 cm³/mol. The van der Waals surface area contributed by atoms with Gasteiger partial charge in [-0.15, -0.1) is 0 Å². The number of amides is 1. The minimum Gasteiger partial charge on any atom is -0.394 e. The summed E-state index contributed by atoms with van der Waals surface area (Å²) >= 11 is 0. The molecule has 14 heteroatoms. The van der Waals surface area contributed by atoms with Crippen molar-refractivity contribution >= 4 is 5.91 Å². The van der Waals surface area contributed by atoms with Gasteiger partial charge in [-0.25, -0.2) is 0 Å². The lowest BCUT2D eigenvalue weighted by Crippen LogP contribution is -2.65. The Bertz CT molecular complexity index is 1550. The number of carbonyl (C=O) groups is 1. The van der Waals surface area contributed by atoms with Gasteiger partial charge in [-0.1, -0.05) is 327 Å². The molecule has 12 unspecified atom stereocenters. The second-order valence-corrected chi connectivity index (χ2v) is 26.4. The van der Waals surface area contributed by atoms with Crippen LogP contribution in [0.25, 0.3) is 0 Å². The van der Waals surface area contributed by atoms with Crippen LogP contribution in [0.4, 0.5) is 0 Å². The zero-order chi connectivity index (χ0) is 63.1. The Balaban J connectivity index is 1.59. The maximum absolute atomic E-state index is 13.3. The van der Waals surface area contributed by atoms with E-state index in [1.807, 2.05) is 6.08 Å². The molecule has 0 aromatic heterocycles. The summed E-state index contributed by atoms with van der Waals surface area (Å²) in [6, 6.07) is -0.929. The van der Waals surface area contributed by atoms with Gasteiger partial charge in [0.2, 0.25) is 5.91 Å². The van der Waals surface area contributed by atoms with Gasteiger partial charge in [-0.3, -0.25) is 4.79 Å². The number of hydrogen-bond acceptors (Lipinski definition) is 13. The molecular weight excluding hydrogens is 1100 g/mol. The van der Waals surface area contributed by atoms with E-state index in [1.54, 1.807) is 6.08 Å². The third-order valence-electron chi connectivity index (χ3n) is 18.4. The molecule has 87 heavy (non-hydrogen) atoms. The summed E-state index contributed by atoms with van der Waals surface area (Å²) in [6.45, 7) is 2.83. The number of aliphatic hydroxyl groups is 8. The zero-order valence-corrected chi connectivity index (χ0v) is 56.0. The lowest BCUT2D eigenvalue weighted by Gasteiger charge is -2.46. The predicted octanol–water partition coefficient (Wildman–Crippen LogP) is 15.5. The third-order valence-corrected chi connectivity index (χ3v) is 18.4. The van der Waals surface area contributed by atoms with Gasteiger partial charge in [-0.05, 0) is 32.1 Å². The number of aliphatic hydroxyl groups excluding tert-OH is 8. The Labute approximate surface area is 532 Å². The number of carbonyl (C=O) groups excluding carboxylic acids is 1. The van der Waals surface area contributed by atoms with Crippen molar-refractivity contribution in [1.82, 2.24) is 5.32 Å². The molecule has 2 rings (SSSR count). The minimum absolute atomic E-state index is 0.242. The Kier molecular flexibility index (Phi) is 54.7. The molecule has 514 valence electrons. The number of unbranched alkanes of at least 4 members (excludes halogenated alkanes) is 47. The van der Waals surface area contributed by atoms with Crippen molar-refractivity contribution in [1.29, 1.82) is 0 Å². The zero-order valence-electron chi connectivity index (χ0n) is 56.0. The maximum Gasteiger partial charge on any atom is 0.220 e. The molecule has 14 nitrogen and oxygen atoms in total. The van der Waals surface area contributed by atoms with Gasteiger partial charge in [0.25, 0.3) is 0 Å². The normalized spacial score (nSPS) is 23.3. The second-order valence-electron chi connectivity index (χ2n) is 26.4. The van der Waals surface area contributed by atoms with Gasteiger partial charge in [0.05, 0.1) is 32.0 Å². The quantitative estimate of drug-likeness (QED) is 0.0204. The number of hydrogen-bond donors (Lipinski definition) is 9. The first kappa shape index (κ1) is 81.6. The largest absolute Gasteiger partial charge is 0.394 e. The van der Waals surface area contributed by atoms with E-state index in [9.17, 15) is 45.6 Å². The van der Waals surface area contributed by atoms with E-state index in [-0.39, 0.29) is 18.9 Å². The number of ether oxygens (including phenoxy) is 4. The molecule has 2 aliphatic rings. The van der Waals surface area contributed by atoms with Crippen LogP contribution in [0.15, 0.2) is 24.3 Å². The molecule has 0 bridgehead atoms. The van der Waals surface area contributed by atoms with Crippen molar-refractivity contribution in [2.24, 2.45) is 0 Å². The van der Waals surface area contributed by atoms with Crippen LogP contribution in [0, 0.1) is 0 Å². The van der Waals surface area contributed by atoms with Crippen molar-refractivity contribution in [3.63, 3.8) is 0 Å². The van der Waals surface area contributed by atoms with Crippen LogP contribution in [-0.4, -0.2) is 140 Å².